The van der Waals surface area contributed by atoms with Gasteiger partial charge in [-0.3, -0.25) is 4.98 Å². The molecule has 0 saturated carbocycles. The molecule has 0 spiro atoms. The van der Waals surface area contributed by atoms with Crippen LogP contribution in [0.15, 0.2) is 146 Å². The van der Waals surface area contributed by atoms with E-state index in [1.807, 2.05) is 91.0 Å². The fourth-order valence-electron chi connectivity index (χ4n) is 5.20. The van der Waals surface area contributed by atoms with E-state index in [1.165, 1.54) is 16.3 Å². The van der Waals surface area contributed by atoms with Crippen LogP contribution in [0, 0.1) is 18.2 Å². The minimum Gasteiger partial charge on any atom is -0.358 e. The normalized spacial score (nSPS) is 10.7. The molecule has 0 bridgehead atoms. The largest absolute Gasteiger partial charge is 0.358 e. The van der Waals surface area contributed by atoms with Gasteiger partial charge in [-0.15, -0.1) is 47.3 Å². The molecule has 0 aliphatic heterocycles. The van der Waals surface area contributed by atoms with E-state index in [4.69, 9.17) is 4.98 Å². The molecule has 3 nitrogen and oxygen atoms in total. The number of rotatable bonds is 3. The number of nitrogens with zero attached hydrogens (tertiary/aromatic N) is 3. The maximum atomic E-state index is 4.79. The van der Waals surface area contributed by atoms with Gasteiger partial charge in [-0.2, -0.15) is 48.5 Å². The van der Waals surface area contributed by atoms with Crippen LogP contribution in [-0.4, -0.2) is 14.1 Å². The summed E-state index contributed by atoms with van der Waals surface area (Å²) < 4.78 is 4.39. The summed E-state index contributed by atoms with van der Waals surface area (Å²) in [4.78, 5) is 4.79. The van der Waals surface area contributed by atoms with Gasteiger partial charge in [0.05, 0.1) is 16.9 Å². The van der Waals surface area contributed by atoms with Crippen molar-refractivity contribution < 1.29 is 21.1 Å². The minimum absolute atomic E-state index is 0. The standard InChI is InChI=1S/C19H13N2.C18H11N.Pt/c1-3-9-15(10-4-1)19-20-17-13-7-8-14-18(17)21(19)16-11-5-2-6-12-16;1-2-8-14(9-3-1)19-17-12-6-4-10-15(17)16-11-5-7-13-18(16)19;/h1-9,11-14H;1-8,10-12H;/q-1;-2;. The molecule has 0 atom stereocenters. The summed E-state index contributed by atoms with van der Waals surface area (Å²) >= 11 is 0. The third-order valence-electron chi connectivity index (χ3n) is 6.95. The summed E-state index contributed by atoms with van der Waals surface area (Å²) in [5.74, 6) is 0.919. The van der Waals surface area contributed by atoms with Gasteiger partial charge in [-0.1, -0.05) is 59.7 Å². The molecule has 8 rings (SSSR count). The number of hydrogen-bond donors (Lipinski definition) is 0. The predicted molar refractivity (Wildman–Crippen MR) is 164 cm³/mol. The Labute approximate surface area is 253 Å². The molecule has 0 amide bonds. The quantitative estimate of drug-likeness (QED) is 0.169. The zero-order valence-corrected chi connectivity index (χ0v) is 24.3. The van der Waals surface area contributed by atoms with Crippen molar-refractivity contribution in [2.75, 3.05) is 0 Å². The van der Waals surface area contributed by atoms with E-state index in [0.717, 1.165) is 39.3 Å². The van der Waals surface area contributed by atoms with E-state index in [0.29, 0.717) is 0 Å². The third-order valence-corrected chi connectivity index (χ3v) is 6.95. The maximum absolute atomic E-state index is 4.79. The summed E-state index contributed by atoms with van der Waals surface area (Å²) in [5, 5.41) is 2.49. The molecule has 6 aromatic carbocycles. The first-order valence-electron chi connectivity index (χ1n) is 13.3. The Kier molecular flexibility index (Phi) is 7.62. The molecule has 0 radical (unpaired) electrons. The molecular weight excluding hydrogens is 682 g/mol. The average molecular weight is 706 g/mol. The predicted octanol–water partition coefficient (Wildman–Crippen LogP) is 8.87. The molecule has 0 saturated heterocycles. The third kappa shape index (κ3) is 5.01. The summed E-state index contributed by atoms with van der Waals surface area (Å²) in [6.07, 6.45) is 0. The van der Waals surface area contributed by atoms with Crippen LogP contribution >= 0.6 is 0 Å². The molecule has 0 unspecified atom stereocenters. The SMILES string of the molecule is [Pt].[c-]1ccccc1-c1nc2ccccc2n1-c1ccccc1.[c-]1ccccc1-n1c2[c-]cccc2c2ccccc21. The van der Waals surface area contributed by atoms with Crippen LogP contribution in [0.25, 0.3) is 55.6 Å². The van der Waals surface area contributed by atoms with E-state index in [1.54, 1.807) is 0 Å². The first-order chi connectivity index (χ1) is 19.9. The monoisotopic (exact) mass is 705 g/mol. The van der Waals surface area contributed by atoms with Gasteiger partial charge in [-0.25, -0.2) is 0 Å². The molecule has 8 aromatic rings. The van der Waals surface area contributed by atoms with Crippen molar-refractivity contribution in [3.05, 3.63) is 164 Å². The van der Waals surface area contributed by atoms with Crippen molar-refractivity contribution in [2.24, 2.45) is 0 Å². The van der Waals surface area contributed by atoms with E-state index >= 15 is 0 Å². The van der Waals surface area contributed by atoms with Crippen molar-refractivity contribution in [1.29, 1.82) is 0 Å². The second kappa shape index (κ2) is 11.8. The first-order valence-corrected chi connectivity index (χ1v) is 13.3. The first kappa shape index (κ1) is 26.5. The number of imidazole rings is 1. The fourth-order valence-corrected chi connectivity index (χ4v) is 5.20. The molecule has 41 heavy (non-hydrogen) atoms. The minimum atomic E-state index is 0. The van der Waals surface area contributed by atoms with Crippen LogP contribution in [0.1, 0.15) is 0 Å². The summed E-state index contributed by atoms with van der Waals surface area (Å²) in [6.45, 7) is 0. The summed E-state index contributed by atoms with van der Waals surface area (Å²) in [7, 11) is 0. The van der Waals surface area contributed by atoms with Gasteiger partial charge in [-0.05, 0) is 35.7 Å². The topological polar surface area (TPSA) is 22.8 Å². The van der Waals surface area contributed by atoms with Crippen LogP contribution < -0.4 is 0 Å². The number of para-hydroxylation sites is 6. The molecule has 2 heterocycles. The zero-order valence-electron chi connectivity index (χ0n) is 22.0. The molecular formula is C37H24N3Pt-3. The van der Waals surface area contributed by atoms with Gasteiger partial charge < -0.3 is 9.13 Å². The zero-order chi connectivity index (χ0) is 26.7. The van der Waals surface area contributed by atoms with Crippen LogP contribution in [0.2, 0.25) is 0 Å². The second-order valence-corrected chi connectivity index (χ2v) is 9.40. The van der Waals surface area contributed by atoms with Crippen LogP contribution in [0.4, 0.5) is 0 Å². The maximum Gasteiger partial charge on any atom is 0.0774 e. The van der Waals surface area contributed by atoms with Crippen molar-refractivity contribution >= 4 is 32.8 Å². The van der Waals surface area contributed by atoms with Crippen molar-refractivity contribution in [1.82, 2.24) is 14.1 Å². The Morgan fingerprint density at radius 1 is 0.488 bits per heavy atom. The molecule has 0 N–H and O–H groups in total. The Morgan fingerprint density at radius 3 is 1.93 bits per heavy atom. The second-order valence-electron chi connectivity index (χ2n) is 9.40. The van der Waals surface area contributed by atoms with Crippen LogP contribution in [0.3, 0.4) is 0 Å². The van der Waals surface area contributed by atoms with Gasteiger partial charge in [0.2, 0.25) is 0 Å². The van der Waals surface area contributed by atoms with E-state index in [2.05, 4.69) is 81.9 Å². The molecule has 0 fully saturated rings. The Hall–Kier alpha value is -4.72. The summed E-state index contributed by atoms with van der Waals surface area (Å²) in [6, 6.07) is 59.0. The number of hydrogen-bond acceptors (Lipinski definition) is 1. The smallest absolute Gasteiger partial charge is 0.0774 e. The van der Waals surface area contributed by atoms with Gasteiger partial charge in [0, 0.05) is 32.3 Å². The molecule has 0 aliphatic rings. The molecule has 4 heteroatoms. The molecule has 2 aromatic heterocycles. The number of benzene rings is 6. The van der Waals surface area contributed by atoms with Crippen LogP contribution in [0.5, 0.6) is 0 Å². The number of fused-ring (bicyclic) bond motifs is 4. The van der Waals surface area contributed by atoms with Crippen LogP contribution in [-0.2, 0) is 21.1 Å². The Morgan fingerprint density at radius 2 is 1.15 bits per heavy atom. The Balaban J connectivity index is 0.000000145. The van der Waals surface area contributed by atoms with E-state index in [-0.39, 0.29) is 21.1 Å². The van der Waals surface area contributed by atoms with Gasteiger partial charge >= 0.3 is 0 Å². The van der Waals surface area contributed by atoms with Crippen molar-refractivity contribution in [3.8, 4) is 22.8 Å². The van der Waals surface area contributed by atoms with Gasteiger partial charge in [0.1, 0.15) is 0 Å². The van der Waals surface area contributed by atoms with Gasteiger partial charge in [0.15, 0.2) is 0 Å². The van der Waals surface area contributed by atoms with Gasteiger partial charge in [0.25, 0.3) is 0 Å². The van der Waals surface area contributed by atoms with Crippen molar-refractivity contribution in [2.45, 2.75) is 0 Å². The Bertz CT molecular complexity index is 1990. The molecule has 200 valence electrons. The van der Waals surface area contributed by atoms with E-state index in [9.17, 15) is 0 Å². The number of aromatic nitrogens is 3. The molecule has 0 aliphatic carbocycles. The average Bonchev–Trinajstić information content (AvgIpc) is 3.59. The van der Waals surface area contributed by atoms with E-state index < -0.39 is 0 Å². The summed E-state index contributed by atoms with van der Waals surface area (Å²) in [5.41, 5.74) is 7.56. The van der Waals surface area contributed by atoms with Crippen molar-refractivity contribution in [3.63, 3.8) is 0 Å². The fraction of sp³-hybridized carbons (Fsp3) is 0.